The molecule has 3 N–H and O–H groups in total. The molecule has 2 aromatic rings. The average molecular weight is 542 g/mol. The second kappa shape index (κ2) is 13.9. The summed E-state index contributed by atoms with van der Waals surface area (Å²) >= 11 is 0. The number of carbonyl (C=O) groups excluding carboxylic acids is 1. The normalized spacial score (nSPS) is 13.1. The molecule has 1 aliphatic rings. The number of nitrogens with zero attached hydrogens (tertiary/aromatic N) is 1. The van der Waals surface area contributed by atoms with Crippen LogP contribution in [0.4, 0.5) is 5.69 Å². The molecule has 0 atom stereocenters. The highest BCUT2D eigenvalue weighted by atomic mass is 127. The van der Waals surface area contributed by atoms with Gasteiger partial charge in [0.25, 0.3) is 0 Å². The van der Waals surface area contributed by atoms with E-state index in [1.54, 1.807) is 6.26 Å². The van der Waals surface area contributed by atoms with Crippen molar-refractivity contribution in [2.75, 3.05) is 38.2 Å². The molecular formula is C22H31IN4O4. The Morgan fingerprint density at radius 3 is 2.94 bits per heavy atom. The fourth-order valence-corrected chi connectivity index (χ4v) is 3.05. The first-order valence-electron chi connectivity index (χ1n) is 10.4. The van der Waals surface area contributed by atoms with Gasteiger partial charge in [0.05, 0.1) is 12.8 Å². The van der Waals surface area contributed by atoms with E-state index < -0.39 is 0 Å². The van der Waals surface area contributed by atoms with Crippen LogP contribution >= 0.6 is 24.0 Å². The molecule has 9 heteroatoms. The molecule has 0 fully saturated rings. The maximum absolute atomic E-state index is 11.4. The molecule has 0 spiro atoms. The first-order chi connectivity index (χ1) is 14.7. The summed E-state index contributed by atoms with van der Waals surface area (Å²) in [4.78, 5) is 16.0. The van der Waals surface area contributed by atoms with Crippen molar-refractivity contribution < 1.29 is 18.7 Å². The molecule has 8 nitrogen and oxygen atoms in total. The van der Waals surface area contributed by atoms with E-state index >= 15 is 0 Å². The molecule has 1 aromatic carbocycles. The summed E-state index contributed by atoms with van der Waals surface area (Å²) in [5.41, 5.74) is 2.00. The minimum absolute atomic E-state index is 0. The van der Waals surface area contributed by atoms with Crippen molar-refractivity contribution in [2.24, 2.45) is 4.99 Å². The van der Waals surface area contributed by atoms with Gasteiger partial charge in [0.15, 0.2) is 5.96 Å². The molecule has 1 aliphatic heterocycles. The quantitative estimate of drug-likeness (QED) is 0.175. The van der Waals surface area contributed by atoms with Crippen LogP contribution in [0, 0.1) is 0 Å². The SMILES string of the molecule is CCNC(=NCCCOCc1ccco1)NCCOc1ccc2c(c1)CCC(=O)N2.I. The summed E-state index contributed by atoms with van der Waals surface area (Å²) in [6.07, 6.45) is 3.75. The number of hydrogen-bond donors (Lipinski definition) is 3. The van der Waals surface area contributed by atoms with Gasteiger partial charge in [-0.1, -0.05) is 0 Å². The van der Waals surface area contributed by atoms with Gasteiger partial charge in [0, 0.05) is 31.8 Å². The summed E-state index contributed by atoms with van der Waals surface area (Å²) in [7, 11) is 0. The number of hydrogen-bond acceptors (Lipinski definition) is 5. The largest absolute Gasteiger partial charge is 0.492 e. The number of ether oxygens (including phenoxy) is 2. The third kappa shape index (κ3) is 8.78. The smallest absolute Gasteiger partial charge is 0.224 e. The molecule has 2 heterocycles. The van der Waals surface area contributed by atoms with E-state index in [9.17, 15) is 4.79 Å². The molecule has 0 aliphatic carbocycles. The van der Waals surface area contributed by atoms with E-state index in [-0.39, 0.29) is 29.9 Å². The van der Waals surface area contributed by atoms with Crippen LogP contribution in [0.2, 0.25) is 0 Å². The van der Waals surface area contributed by atoms with Crippen molar-refractivity contribution in [3.8, 4) is 5.75 Å². The predicted octanol–water partition coefficient (Wildman–Crippen LogP) is 3.32. The lowest BCUT2D eigenvalue weighted by molar-refractivity contribution is -0.116. The lowest BCUT2D eigenvalue weighted by Crippen LogP contribution is -2.39. The average Bonchev–Trinajstić information content (AvgIpc) is 3.27. The Bertz CT molecular complexity index is 827. The van der Waals surface area contributed by atoms with E-state index in [0.29, 0.717) is 39.3 Å². The van der Waals surface area contributed by atoms with Crippen molar-refractivity contribution in [2.45, 2.75) is 32.8 Å². The number of fused-ring (bicyclic) bond motifs is 1. The van der Waals surface area contributed by atoms with Crippen LogP contribution in [-0.2, 0) is 22.6 Å². The monoisotopic (exact) mass is 542 g/mol. The van der Waals surface area contributed by atoms with E-state index in [1.807, 2.05) is 37.3 Å². The number of guanidine groups is 1. The van der Waals surface area contributed by atoms with Crippen molar-refractivity contribution >= 4 is 41.5 Å². The summed E-state index contributed by atoms with van der Waals surface area (Å²) < 4.78 is 16.6. The lowest BCUT2D eigenvalue weighted by atomic mass is 10.0. The second-order valence-electron chi connectivity index (χ2n) is 6.89. The fraction of sp³-hybridized carbons (Fsp3) is 0.455. The Hall–Kier alpha value is -2.27. The number of nitrogens with one attached hydrogen (secondary N) is 3. The molecule has 0 unspecified atom stereocenters. The lowest BCUT2D eigenvalue weighted by Gasteiger charge is -2.18. The summed E-state index contributed by atoms with van der Waals surface area (Å²) in [5, 5.41) is 9.38. The second-order valence-corrected chi connectivity index (χ2v) is 6.89. The highest BCUT2D eigenvalue weighted by Gasteiger charge is 2.14. The Kier molecular flexibility index (Phi) is 11.2. The Labute approximate surface area is 200 Å². The van der Waals surface area contributed by atoms with Crippen LogP contribution in [-0.4, -0.2) is 44.7 Å². The van der Waals surface area contributed by atoms with Crippen LogP contribution in [0.25, 0.3) is 0 Å². The number of benzene rings is 1. The van der Waals surface area contributed by atoms with Crippen LogP contribution in [0.5, 0.6) is 5.75 Å². The third-order valence-corrected chi connectivity index (χ3v) is 4.52. The fourth-order valence-electron chi connectivity index (χ4n) is 3.05. The van der Waals surface area contributed by atoms with Gasteiger partial charge in [0.2, 0.25) is 5.91 Å². The van der Waals surface area contributed by atoms with Gasteiger partial charge in [-0.05, 0) is 55.7 Å². The minimum atomic E-state index is 0. The maximum Gasteiger partial charge on any atom is 0.224 e. The Morgan fingerprint density at radius 1 is 1.23 bits per heavy atom. The van der Waals surface area contributed by atoms with Gasteiger partial charge in [-0.2, -0.15) is 0 Å². The number of halogens is 1. The molecule has 31 heavy (non-hydrogen) atoms. The van der Waals surface area contributed by atoms with Gasteiger partial charge in [0.1, 0.15) is 24.7 Å². The molecule has 170 valence electrons. The number of carbonyl (C=O) groups is 1. The number of anilines is 1. The van der Waals surface area contributed by atoms with Crippen LogP contribution in [0.3, 0.4) is 0 Å². The molecular weight excluding hydrogens is 511 g/mol. The summed E-state index contributed by atoms with van der Waals surface area (Å²) in [6.45, 7) is 5.76. The highest BCUT2D eigenvalue weighted by Crippen LogP contribution is 2.26. The van der Waals surface area contributed by atoms with Crippen molar-refractivity contribution in [1.29, 1.82) is 0 Å². The minimum Gasteiger partial charge on any atom is -0.492 e. The van der Waals surface area contributed by atoms with Crippen LogP contribution in [0.15, 0.2) is 46.0 Å². The Morgan fingerprint density at radius 2 is 2.13 bits per heavy atom. The van der Waals surface area contributed by atoms with Gasteiger partial charge < -0.3 is 29.8 Å². The Balaban J connectivity index is 0.00000341. The number of aryl methyl sites for hydroxylation is 1. The van der Waals surface area contributed by atoms with Gasteiger partial charge in [-0.3, -0.25) is 9.79 Å². The van der Waals surface area contributed by atoms with Crippen LogP contribution in [0.1, 0.15) is 31.1 Å². The molecule has 0 radical (unpaired) electrons. The van der Waals surface area contributed by atoms with Crippen molar-refractivity contribution in [3.63, 3.8) is 0 Å². The zero-order valence-corrected chi connectivity index (χ0v) is 20.1. The third-order valence-electron chi connectivity index (χ3n) is 4.52. The van der Waals surface area contributed by atoms with Crippen LogP contribution < -0.4 is 20.7 Å². The van der Waals surface area contributed by atoms with Gasteiger partial charge >= 0.3 is 0 Å². The van der Waals surface area contributed by atoms with E-state index in [0.717, 1.165) is 48.1 Å². The van der Waals surface area contributed by atoms with E-state index in [4.69, 9.17) is 13.9 Å². The summed E-state index contributed by atoms with van der Waals surface area (Å²) in [6, 6.07) is 9.53. The molecule has 0 bridgehead atoms. The zero-order chi connectivity index (χ0) is 21.0. The topological polar surface area (TPSA) is 97.1 Å². The number of furan rings is 1. The van der Waals surface area contributed by atoms with Crippen molar-refractivity contribution in [3.05, 3.63) is 47.9 Å². The standard InChI is InChI=1S/C22H30N4O4.HI/c1-2-23-22(24-10-4-12-28-16-19-5-3-13-29-19)25-11-14-30-18-7-8-20-17(15-18)6-9-21(27)26-20;/h3,5,7-8,13,15H,2,4,6,9-12,14,16H2,1H3,(H,26,27)(H2,23,24,25);1H. The molecule has 3 rings (SSSR count). The predicted molar refractivity (Wildman–Crippen MR) is 131 cm³/mol. The number of rotatable bonds is 11. The maximum atomic E-state index is 11.4. The van der Waals surface area contributed by atoms with E-state index in [1.165, 1.54) is 0 Å². The molecule has 1 amide bonds. The van der Waals surface area contributed by atoms with Gasteiger partial charge in [-0.25, -0.2) is 0 Å². The van der Waals surface area contributed by atoms with Crippen molar-refractivity contribution in [1.82, 2.24) is 10.6 Å². The molecule has 0 saturated heterocycles. The summed E-state index contributed by atoms with van der Waals surface area (Å²) in [5.74, 6) is 2.47. The number of aliphatic imine (C=N–C) groups is 1. The molecule has 0 saturated carbocycles. The zero-order valence-electron chi connectivity index (χ0n) is 17.8. The first kappa shape index (κ1) is 25.0. The molecule has 1 aromatic heterocycles. The highest BCUT2D eigenvalue weighted by molar-refractivity contribution is 14.0. The number of amides is 1. The first-order valence-corrected chi connectivity index (χ1v) is 10.4. The van der Waals surface area contributed by atoms with Gasteiger partial charge in [-0.15, -0.1) is 24.0 Å². The van der Waals surface area contributed by atoms with E-state index in [2.05, 4.69) is 20.9 Å².